The van der Waals surface area contributed by atoms with E-state index in [0.29, 0.717) is 34.5 Å². The fourth-order valence-corrected chi connectivity index (χ4v) is 3.34. The number of amides is 2. The molecule has 2 heterocycles. The average molecular weight is 411 g/mol. The number of carbonyl (C=O) groups excluding carboxylic acids is 2. The molecular formula is C20H21N5O3S. The van der Waals surface area contributed by atoms with Crippen LogP contribution in [0.1, 0.15) is 10.4 Å². The Balaban J connectivity index is 1.66. The first-order valence-electron chi connectivity index (χ1n) is 8.82. The molecule has 0 saturated heterocycles. The highest BCUT2D eigenvalue weighted by Gasteiger charge is 2.17. The van der Waals surface area contributed by atoms with Crippen LogP contribution in [0.2, 0.25) is 0 Å². The molecule has 3 aromatic rings. The summed E-state index contributed by atoms with van der Waals surface area (Å²) in [6.45, 7) is 4.25. The minimum absolute atomic E-state index is 0.126. The van der Waals surface area contributed by atoms with Gasteiger partial charge in [0.1, 0.15) is 0 Å². The van der Waals surface area contributed by atoms with Gasteiger partial charge in [0.25, 0.3) is 5.91 Å². The highest BCUT2D eigenvalue weighted by molar-refractivity contribution is 7.99. The van der Waals surface area contributed by atoms with Crippen molar-refractivity contribution < 1.29 is 14.0 Å². The molecule has 0 aliphatic rings. The predicted molar refractivity (Wildman–Crippen MR) is 112 cm³/mol. The van der Waals surface area contributed by atoms with Gasteiger partial charge in [-0.2, -0.15) is 0 Å². The normalized spacial score (nSPS) is 10.6. The number of benzene rings is 1. The number of rotatable bonds is 8. The van der Waals surface area contributed by atoms with Gasteiger partial charge in [-0.05, 0) is 30.3 Å². The molecule has 0 aliphatic carbocycles. The zero-order valence-electron chi connectivity index (χ0n) is 16.2. The molecular weight excluding hydrogens is 390 g/mol. The second kappa shape index (κ2) is 9.24. The lowest BCUT2D eigenvalue weighted by atomic mass is 10.2. The molecule has 0 bridgehead atoms. The first-order chi connectivity index (χ1) is 14.0. The Morgan fingerprint density at radius 3 is 2.79 bits per heavy atom. The summed E-state index contributed by atoms with van der Waals surface area (Å²) in [7, 11) is 3.36. The van der Waals surface area contributed by atoms with Gasteiger partial charge in [-0.3, -0.25) is 14.2 Å². The molecule has 0 saturated carbocycles. The van der Waals surface area contributed by atoms with Crippen molar-refractivity contribution in [3.05, 3.63) is 60.9 Å². The van der Waals surface area contributed by atoms with Crippen molar-refractivity contribution in [3.8, 4) is 11.6 Å². The van der Waals surface area contributed by atoms with Gasteiger partial charge in [0.2, 0.25) is 11.7 Å². The molecule has 0 unspecified atom stereocenters. The number of thioether (sulfide) groups is 1. The van der Waals surface area contributed by atoms with Crippen LogP contribution in [-0.4, -0.2) is 51.3 Å². The number of aromatic nitrogens is 3. The Kier molecular flexibility index (Phi) is 6.50. The summed E-state index contributed by atoms with van der Waals surface area (Å²) in [5.41, 5.74) is 1.07. The van der Waals surface area contributed by atoms with Gasteiger partial charge >= 0.3 is 0 Å². The molecule has 150 valence electrons. The van der Waals surface area contributed by atoms with Crippen LogP contribution in [0.25, 0.3) is 11.6 Å². The number of nitrogens with one attached hydrogen (secondary N) is 1. The Hall–Kier alpha value is -3.33. The van der Waals surface area contributed by atoms with Gasteiger partial charge in [0.15, 0.2) is 10.9 Å². The van der Waals surface area contributed by atoms with Crippen LogP contribution in [0.15, 0.2) is 64.9 Å². The first-order valence-corrected chi connectivity index (χ1v) is 9.80. The topological polar surface area (TPSA) is 93.3 Å². The first kappa shape index (κ1) is 20.4. The van der Waals surface area contributed by atoms with E-state index in [9.17, 15) is 9.59 Å². The van der Waals surface area contributed by atoms with E-state index in [2.05, 4.69) is 22.1 Å². The van der Waals surface area contributed by atoms with E-state index in [1.54, 1.807) is 62.8 Å². The van der Waals surface area contributed by atoms with E-state index in [0.717, 1.165) is 0 Å². The fourth-order valence-electron chi connectivity index (χ4n) is 2.59. The predicted octanol–water partition coefficient (Wildman–Crippen LogP) is 3.16. The second-order valence-electron chi connectivity index (χ2n) is 6.30. The molecule has 1 N–H and O–H groups in total. The van der Waals surface area contributed by atoms with Crippen molar-refractivity contribution in [2.75, 3.05) is 25.2 Å². The fraction of sp³-hybridized carbons (Fsp3) is 0.200. The van der Waals surface area contributed by atoms with Crippen molar-refractivity contribution in [1.82, 2.24) is 19.7 Å². The average Bonchev–Trinajstić information content (AvgIpc) is 3.36. The molecule has 0 fully saturated rings. The third-order valence-electron chi connectivity index (χ3n) is 3.90. The molecule has 0 radical (unpaired) electrons. The van der Waals surface area contributed by atoms with E-state index in [4.69, 9.17) is 4.42 Å². The highest BCUT2D eigenvalue weighted by Crippen LogP contribution is 2.24. The summed E-state index contributed by atoms with van der Waals surface area (Å²) in [6.07, 6.45) is 3.30. The Morgan fingerprint density at radius 2 is 2.10 bits per heavy atom. The van der Waals surface area contributed by atoms with E-state index < -0.39 is 0 Å². The third kappa shape index (κ3) is 4.94. The second-order valence-corrected chi connectivity index (χ2v) is 7.24. The van der Waals surface area contributed by atoms with Crippen molar-refractivity contribution >= 4 is 29.3 Å². The maximum absolute atomic E-state index is 12.4. The van der Waals surface area contributed by atoms with Crippen LogP contribution in [0.5, 0.6) is 0 Å². The number of anilines is 1. The molecule has 3 rings (SSSR count). The molecule has 0 aliphatic heterocycles. The lowest BCUT2D eigenvalue weighted by Crippen LogP contribution is -2.22. The Morgan fingerprint density at radius 1 is 1.28 bits per heavy atom. The molecule has 29 heavy (non-hydrogen) atoms. The van der Waals surface area contributed by atoms with Crippen LogP contribution in [0, 0.1) is 0 Å². The standard InChI is InChI=1S/C20H21N5O3S/c1-4-10-25-18(16-9-6-11-28-16)22-23-20(25)29-13-17(26)21-15-8-5-7-14(12-15)19(27)24(2)3/h4-9,11-12H,1,10,13H2,2-3H3,(H,21,26). The lowest BCUT2D eigenvalue weighted by molar-refractivity contribution is -0.113. The van der Waals surface area contributed by atoms with Crippen molar-refractivity contribution in [2.45, 2.75) is 11.7 Å². The summed E-state index contributed by atoms with van der Waals surface area (Å²) in [4.78, 5) is 25.9. The minimum atomic E-state index is -0.211. The van der Waals surface area contributed by atoms with Crippen LogP contribution in [-0.2, 0) is 11.3 Å². The number of nitrogens with zero attached hydrogens (tertiary/aromatic N) is 4. The zero-order valence-corrected chi connectivity index (χ0v) is 17.0. The van der Waals surface area contributed by atoms with Crippen molar-refractivity contribution in [2.24, 2.45) is 0 Å². The maximum atomic E-state index is 12.4. The monoisotopic (exact) mass is 411 g/mol. The Labute approximate surface area is 172 Å². The lowest BCUT2D eigenvalue weighted by Gasteiger charge is -2.11. The molecule has 1 aromatic carbocycles. The summed E-state index contributed by atoms with van der Waals surface area (Å²) in [6, 6.07) is 10.4. The quantitative estimate of drug-likeness (QED) is 0.452. The summed E-state index contributed by atoms with van der Waals surface area (Å²) in [5.74, 6) is 0.973. The molecule has 0 spiro atoms. The van der Waals surface area contributed by atoms with Gasteiger partial charge in [0.05, 0.1) is 12.0 Å². The van der Waals surface area contributed by atoms with E-state index >= 15 is 0 Å². The maximum Gasteiger partial charge on any atom is 0.253 e. The van der Waals surface area contributed by atoms with E-state index in [1.807, 2.05) is 4.57 Å². The molecule has 2 aromatic heterocycles. The van der Waals surface area contributed by atoms with Gasteiger partial charge in [0, 0.05) is 31.9 Å². The summed E-state index contributed by atoms with van der Waals surface area (Å²) in [5, 5.41) is 11.7. The largest absolute Gasteiger partial charge is 0.461 e. The van der Waals surface area contributed by atoms with Crippen molar-refractivity contribution in [1.29, 1.82) is 0 Å². The van der Waals surface area contributed by atoms with Gasteiger partial charge in [-0.1, -0.05) is 23.9 Å². The van der Waals surface area contributed by atoms with Crippen LogP contribution in [0.3, 0.4) is 0 Å². The SMILES string of the molecule is C=CCn1c(SCC(=O)Nc2cccc(C(=O)N(C)C)c2)nnc1-c1ccco1. The smallest absolute Gasteiger partial charge is 0.253 e. The van der Waals surface area contributed by atoms with E-state index in [-0.39, 0.29) is 17.6 Å². The van der Waals surface area contributed by atoms with E-state index in [1.165, 1.54) is 16.7 Å². The number of allylic oxidation sites excluding steroid dienone is 1. The van der Waals surface area contributed by atoms with Gasteiger partial charge in [-0.25, -0.2) is 0 Å². The van der Waals surface area contributed by atoms with Crippen LogP contribution < -0.4 is 5.32 Å². The highest BCUT2D eigenvalue weighted by atomic mass is 32.2. The minimum Gasteiger partial charge on any atom is -0.461 e. The molecule has 2 amide bonds. The number of hydrogen-bond acceptors (Lipinski definition) is 6. The molecule has 9 heteroatoms. The van der Waals surface area contributed by atoms with Crippen LogP contribution >= 0.6 is 11.8 Å². The third-order valence-corrected chi connectivity index (χ3v) is 4.87. The summed E-state index contributed by atoms with van der Waals surface area (Å²) >= 11 is 1.26. The molecule has 0 atom stereocenters. The number of hydrogen-bond donors (Lipinski definition) is 1. The van der Waals surface area contributed by atoms with Gasteiger partial charge in [-0.15, -0.1) is 16.8 Å². The van der Waals surface area contributed by atoms with Crippen molar-refractivity contribution in [3.63, 3.8) is 0 Å². The number of carbonyl (C=O) groups is 2. The molecule has 8 nitrogen and oxygen atoms in total. The van der Waals surface area contributed by atoms with Crippen LogP contribution in [0.4, 0.5) is 5.69 Å². The Bertz CT molecular complexity index is 1010. The number of furan rings is 1. The van der Waals surface area contributed by atoms with Gasteiger partial charge < -0.3 is 14.6 Å². The summed E-state index contributed by atoms with van der Waals surface area (Å²) < 4.78 is 7.23. The zero-order chi connectivity index (χ0) is 20.8.